The van der Waals surface area contributed by atoms with E-state index >= 15 is 0 Å². The fraction of sp³-hybridized carbons (Fsp3) is 0.133. The highest BCUT2D eigenvalue weighted by molar-refractivity contribution is 6.30. The normalized spacial score (nSPS) is 11.7. The zero-order chi connectivity index (χ0) is 14.5. The zero-order valence-electron chi connectivity index (χ0n) is 10.8. The Hall–Kier alpha value is -2.20. The van der Waals surface area contributed by atoms with Gasteiger partial charge in [-0.1, -0.05) is 23.7 Å². The molecule has 2 aromatic carbocycles. The molecular weight excluding hydrogens is 278 g/mol. The molecule has 2 aromatic rings. The molecule has 5 heteroatoms. The molecule has 20 heavy (non-hydrogen) atoms. The van der Waals surface area contributed by atoms with Crippen LogP contribution in [0.2, 0.25) is 5.02 Å². The smallest absolute Gasteiger partial charge is 0.119 e. The summed E-state index contributed by atoms with van der Waals surface area (Å²) in [7, 11) is 1.57. The van der Waals surface area contributed by atoms with E-state index in [2.05, 4.69) is 5.32 Å². The van der Waals surface area contributed by atoms with E-state index < -0.39 is 12.0 Å². The van der Waals surface area contributed by atoms with Crippen molar-refractivity contribution in [2.75, 3.05) is 12.4 Å². The summed E-state index contributed by atoms with van der Waals surface area (Å²) < 4.78 is 5.05. The van der Waals surface area contributed by atoms with E-state index in [1.807, 2.05) is 0 Å². The van der Waals surface area contributed by atoms with Crippen LogP contribution in [-0.4, -0.2) is 13.1 Å². The predicted molar refractivity (Wildman–Crippen MR) is 75.8 cm³/mol. The van der Waals surface area contributed by atoms with Gasteiger partial charge >= 0.3 is 0 Å². The summed E-state index contributed by atoms with van der Waals surface area (Å²) in [5.74, 6) is -0.504. The first-order chi connectivity index (χ1) is 9.60. The van der Waals surface area contributed by atoms with Crippen LogP contribution in [0.25, 0.3) is 0 Å². The first-order valence-corrected chi connectivity index (χ1v) is 6.35. The zero-order valence-corrected chi connectivity index (χ0v) is 11.6. The number of benzene rings is 2. The number of halogens is 1. The van der Waals surface area contributed by atoms with Crippen LogP contribution in [-0.2, 0) is 4.79 Å². The van der Waals surface area contributed by atoms with Gasteiger partial charge in [0.15, 0.2) is 0 Å². The van der Waals surface area contributed by atoms with Gasteiger partial charge in [-0.3, -0.25) is 0 Å². The molecule has 0 bridgehead atoms. The molecule has 0 aliphatic carbocycles. The van der Waals surface area contributed by atoms with Crippen molar-refractivity contribution in [1.82, 2.24) is 0 Å². The lowest BCUT2D eigenvalue weighted by Crippen LogP contribution is -2.34. The maximum atomic E-state index is 11.3. The number of methoxy groups -OCH3 is 1. The Morgan fingerprint density at radius 1 is 1.15 bits per heavy atom. The molecule has 0 saturated heterocycles. The van der Waals surface area contributed by atoms with Crippen molar-refractivity contribution in [2.24, 2.45) is 0 Å². The number of carboxylic acid groups (broad SMARTS) is 1. The van der Waals surface area contributed by atoms with E-state index in [1.54, 1.807) is 55.6 Å². The molecule has 104 valence electrons. The average Bonchev–Trinajstić information content (AvgIpc) is 2.46. The van der Waals surface area contributed by atoms with E-state index in [4.69, 9.17) is 16.3 Å². The Balaban J connectivity index is 2.20. The Bertz CT molecular complexity index is 581. The van der Waals surface area contributed by atoms with Gasteiger partial charge in [-0.05, 0) is 42.0 Å². The molecule has 1 atom stereocenters. The first kappa shape index (κ1) is 14.2. The maximum Gasteiger partial charge on any atom is 0.119 e. The number of carbonyl (C=O) groups is 1. The summed E-state index contributed by atoms with van der Waals surface area (Å²) in [6.45, 7) is 0. The summed E-state index contributed by atoms with van der Waals surface area (Å²) in [4.78, 5) is 11.3. The highest BCUT2D eigenvalue weighted by Gasteiger charge is 2.12. The monoisotopic (exact) mass is 290 g/mol. The van der Waals surface area contributed by atoms with Crippen LogP contribution < -0.4 is 15.2 Å². The highest BCUT2D eigenvalue weighted by atomic mass is 35.5. The molecule has 0 aliphatic heterocycles. The highest BCUT2D eigenvalue weighted by Crippen LogP contribution is 2.22. The van der Waals surface area contributed by atoms with Gasteiger partial charge in [0.2, 0.25) is 0 Å². The first-order valence-electron chi connectivity index (χ1n) is 5.97. The number of ether oxygens (including phenoxy) is 1. The maximum absolute atomic E-state index is 11.3. The van der Waals surface area contributed by atoms with Gasteiger partial charge in [-0.25, -0.2) is 0 Å². The van der Waals surface area contributed by atoms with Crippen LogP contribution in [0, 0.1) is 0 Å². The van der Waals surface area contributed by atoms with Crippen molar-refractivity contribution in [2.45, 2.75) is 6.04 Å². The van der Waals surface area contributed by atoms with Crippen molar-refractivity contribution in [3.63, 3.8) is 0 Å². The predicted octanol–water partition coefficient (Wildman–Crippen LogP) is 2.25. The van der Waals surface area contributed by atoms with Gasteiger partial charge in [-0.2, -0.15) is 0 Å². The number of rotatable bonds is 5. The van der Waals surface area contributed by atoms with Crippen LogP contribution in [0.4, 0.5) is 5.69 Å². The Morgan fingerprint density at radius 3 is 2.25 bits per heavy atom. The van der Waals surface area contributed by atoms with Crippen molar-refractivity contribution in [3.05, 3.63) is 59.1 Å². The topological polar surface area (TPSA) is 61.4 Å². The minimum Gasteiger partial charge on any atom is -0.548 e. The van der Waals surface area contributed by atoms with Crippen LogP contribution >= 0.6 is 11.6 Å². The lowest BCUT2D eigenvalue weighted by atomic mass is 10.1. The summed E-state index contributed by atoms with van der Waals surface area (Å²) in [5, 5.41) is 14.7. The minimum atomic E-state index is -1.21. The molecule has 0 aliphatic rings. The number of anilines is 1. The molecule has 0 fully saturated rings. The van der Waals surface area contributed by atoms with Crippen LogP contribution in [0.3, 0.4) is 0 Å². The Labute approximate surface area is 122 Å². The molecular formula is C15H13ClNO3-. The van der Waals surface area contributed by atoms with Gasteiger partial charge in [-0.15, -0.1) is 0 Å². The third kappa shape index (κ3) is 3.42. The Morgan fingerprint density at radius 2 is 1.75 bits per heavy atom. The molecule has 0 saturated carbocycles. The Kier molecular flexibility index (Phi) is 4.48. The van der Waals surface area contributed by atoms with Crippen molar-refractivity contribution in [1.29, 1.82) is 0 Å². The van der Waals surface area contributed by atoms with E-state index in [1.165, 1.54) is 0 Å². The van der Waals surface area contributed by atoms with E-state index in [-0.39, 0.29) is 0 Å². The summed E-state index contributed by atoms with van der Waals surface area (Å²) in [5.41, 5.74) is 1.24. The second-order valence-electron chi connectivity index (χ2n) is 4.18. The van der Waals surface area contributed by atoms with Gasteiger partial charge < -0.3 is 20.0 Å². The largest absolute Gasteiger partial charge is 0.548 e. The molecule has 0 aromatic heterocycles. The minimum absolute atomic E-state index is 0.551. The number of carboxylic acids is 1. The second kappa shape index (κ2) is 6.30. The fourth-order valence-corrected chi connectivity index (χ4v) is 1.91. The molecule has 0 heterocycles. The molecule has 0 spiro atoms. The SMILES string of the molecule is COc1ccc(N[C@@H](C(=O)[O-])c2ccc(Cl)cc2)cc1. The molecule has 2 rings (SSSR count). The molecule has 0 amide bonds. The molecule has 0 unspecified atom stereocenters. The third-order valence-corrected chi connectivity index (χ3v) is 3.09. The van der Waals surface area contributed by atoms with Crippen LogP contribution in [0.1, 0.15) is 11.6 Å². The lowest BCUT2D eigenvalue weighted by Gasteiger charge is -2.21. The lowest BCUT2D eigenvalue weighted by molar-refractivity contribution is -0.307. The van der Waals surface area contributed by atoms with Crippen LogP contribution in [0.5, 0.6) is 5.75 Å². The molecule has 4 nitrogen and oxygen atoms in total. The third-order valence-electron chi connectivity index (χ3n) is 2.84. The van der Waals surface area contributed by atoms with E-state index in [0.29, 0.717) is 22.0 Å². The van der Waals surface area contributed by atoms with Crippen molar-refractivity contribution in [3.8, 4) is 5.75 Å². The van der Waals surface area contributed by atoms with Crippen LogP contribution in [0.15, 0.2) is 48.5 Å². The van der Waals surface area contributed by atoms with Gasteiger partial charge in [0.25, 0.3) is 0 Å². The van der Waals surface area contributed by atoms with Crippen molar-refractivity contribution < 1.29 is 14.6 Å². The summed E-state index contributed by atoms with van der Waals surface area (Å²) in [6, 6.07) is 12.6. The molecule has 1 N–H and O–H groups in total. The number of nitrogens with one attached hydrogen (secondary N) is 1. The van der Waals surface area contributed by atoms with Gasteiger partial charge in [0.05, 0.1) is 19.1 Å². The van der Waals surface area contributed by atoms with E-state index in [0.717, 1.165) is 0 Å². The number of carbonyl (C=O) groups excluding carboxylic acids is 1. The van der Waals surface area contributed by atoms with Crippen molar-refractivity contribution >= 4 is 23.3 Å². The summed E-state index contributed by atoms with van der Waals surface area (Å²) in [6.07, 6.45) is 0. The van der Waals surface area contributed by atoms with Gasteiger partial charge in [0, 0.05) is 10.7 Å². The number of hydrogen-bond donors (Lipinski definition) is 1. The fourth-order valence-electron chi connectivity index (χ4n) is 1.79. The number of hydrogen-bond acceptors (Lipinski definition) is 4. The van der Waals surface area contributed by atoms with E-state index in [9.17, 15) is 9.90 Å². The quantitative estimate of drug-likeness (QED) is 0.917. The van der Waals surface area contributed by atoms with Gasteiger partial charge in [0.1, 0.15) is 5.75 Å². The standard InChI is InChI=1S/C15H14ClNO3/c1-20-13-8-6-12(7-9-13)17-14(15(18)19)10-2-4-11(16)5-3-10/h2-9,14,17H,1H3,(H,18,19)/p-1/t14-/m1/s1. The average molecular weight is 291 g/mol. The number of aliphatic carboxylic acids is 1. The second-order valence-corrected chi connectivity index (χ2v) is 4.61. The molecule has 0 radical (unpaired) electrons. The summed E-state index contributed by atoms with van der Waals surface area (Å²) >= 11 is 5.79.